The van der Waals surface area contributed by atoms with Crippen molar-refractivity contribution in [3.8, 4) is 17.3 Å². The minimum absolute atomic E-state index is 0.0304. The second kappa shape index (κ2) is 51.2. The number of aromatic hydroxyl groups is 1. The number of hydrogen-bond acceptors (Lipinski definition) is 28. The number of benzene rings is 10. The van der Waals surface area contributed by atoms with Crippen molar-refractivity contribution in [1.29, 1.82) is 0 Å². The Labute approximate surface area is 877 Å². The average molecular weight is 2230 g/mol. The number of halogens is 4. The highest BCUT2D eigenvalue weighted by Crippen LogP contribution is 2.35. The Morgan fingerprint density at radius 2 is 1.32 bits per heavy atom. The summed E-state index contributed by atoms with van der Waals surface area (Å²) in [6.07, 6.45) is 8.07. The number of fused-ring (bicyclic) bond motifs is 6. The third-order valence-corrected chi connectivity index (χ3v) is 27.2. The van der Waals surface area contributed by atoms with Crippen LogP contribution in [0.15, 0.2) is 325 Å². The quantitative estimate of drug-likeness (QED) is 0.00429. The number of thioether (sulfide) groups is 3. The van der Waals surface area contributed by atoms with Gasteiger partial charge in [0.1, 0.15) is 56.9 Å². The maximum absolute atomic E-state index is 13.7. The number of nitrogens with zero attached hydrogens (tertiary/aromatic N) is 10. The average Bonchev–Trinajstić information content (AvgIpc) is 1.59. The molecule has 6 aromatic heterocycles. The fourth-order valence-corrected chi connectivity index (χ4v) is 18.8. The highest BCUT2D eigenvalue weighted by Gasteiger charge is 2.40. The first-order valence-electron chi connectivity index (χ1n) is 45.4. The zero-order valence-electron chi connectivity index (χ0n) is 79.2. The lowest BCUT2D eigenvalue weighted by Gasteiger charge is -2.28. The summed E-state index contributed by atoms with van der Waals surface area (Å²) in [5.74, 6) is -4.22. The molecule has 8 N–H and O–H groups in total. The van der Waals surface area contributed by atoms with Crippen molar-refractivity contribution in [3.05, 3.63) is 389 Å². The number of ether oxygens (including phenoxy) is 3. The van der Waals surface area contributed by atoms with Crippen LogP contribution in [0.25, 0.3) is 38.4 Å². The molecule has 148 heavy (non-hydrogen) atoms. The van der Waals surface area contributed by atoms with Gasteiger partial charge in [-0.05, 0) is 175 Å². The molecule has 19 rings (SSSR count). The Balaban J connectivity index is 0.000000143. The fraction of sp³-hybridized carbons (Fsp3) is 0.170. The third kappa shape index (κ3) is 27.0. The molecule has 1 aliphatic carbocycles. The van der Waals surface area contributed by atoms with Gasteiger partial charge in [0.2, 0.25) is 23.6 Å². The molecule has 0 radical (unpaired) electrons. The van der Waals surface area contributed by atoms with Gasteiger partial charge in [0.25, 0.3) is 28.5 Å². The van der Waals surface area contributed by atoms with Gasteiger partial charge in [0.05, 0.1) is 84.8 Å². The molecule has 0 spiro atoms. The number of methoxy groups -OCH3 is 2. The highest BCUT2D eigenvalue weighted by atomic mass is 127. The van der Waals surface area contributed by atoms with Crippen molar-refractivity contribution in [1.82, 2.24) is 64.2 Å². The molecule has 35 nitrogen and oxygen atoms in total. The number of Topliss-reactive ketones (excluding diaryl/α,β-unsaturated/α-hetero) is 2. The topological polar surface area (TPSA) is 464 Å². The molecule has 2 aliphatic heterocycles. The first kappa shape index (κ1) is 108. The first-order valence-corrected chi connectivity index (χ1v) is 50.5. The number of urea groups is 1. The molecule has 42 heteroatoms. The molecule has 6 amide bonds. The maximum atomic E-state index is 13.7. The zero-order valence-corrected chi connectivity index (χ0v) is 85.4. The normalized spacial score (nSPS) is 14.1. The molecule has 3 aliphatic rings. The second-order valence-corrected chi connectivity index (χ2v) is 37.5. The van der Waals surface area contributed by atoms with Crippen LogP contribution in [0.4, 0.5) is 30.6 Å². The van der Waals surface area contributed by atoms with E-state index in [4.69, 9.17) is 23.7 Å². The number of anilines is 3. The number of alkyl halides is 1. The molecule has 0 saturated carbocycles. The van der Waals surface area contributed by atoms with Crippen molar-refractivity contribution in [2.75, 3.05) is 56.2 Å². The number of carbonyl (C=O) groups is 10. The van der Waals surface area contributed by atoms with E-state index in [0.29, 0.717) is 98.0 Å². The number of aliphatic hydroxyl groups excluding tert-OH is 1. The lowest BCUT2D eigenvalue weighted by atomic mass is 9.98. The lowest BCUT2D eigenvalue weighted by molar-refractivity contribution is -0.120. The van der Waals surface area contributed by atoms with Gasteiger partial charge in [-0.2, -0.15) is 19.9 Å². The van der Waals surface area contributed by atoms with Gasteiger partial charge in [0.15, 0.2) is 27.0 Å². The van der Waals surface area contributed by atoms with Gasteiger partial charge in [0, 0.05) is 99.5 Å². The Kier molecular flexibility index (Phi) is 37.3. The minimum Gasteiger partial charge on any atom is -0.497 e. The van der Waals surface area contributed by atoms with Crippen LogP contribution in [-0.2, 0) is 62.1 Å². The number of nitrogens with one attached hydrogen (secondary N) is 6. The van der Waals surface area contributed by atoms with Gasteiger partial charge in [-0.1, -0.05) is 183 Å². The summed E-state index contributed by atoms with van der Waals surface area (Å²) in [5.41, 5.74) is 7.79. The Hall–Kier alpha value is -16.0. The van der Waals surface area contributed by atoms with E-state index in [1.54, 1.807) is 97.6 Å². The van der Waals surface area contributed by atoms with E-state index in [9.17, 15) is 76.2 Å². The predicted molar refractivity (Wildman–Crippen MR) is 567 cm³/mol. The number of rotatable bonds is 28. The van der Waals surface area contributed by atoms with Crippen LogP contribution in [0.2, 0.25) is 0 Å². The van der Waals surface area contributed by atoms with Gasteiger partial charge in [-0.3, -0.25) is 67.7 Å². The highest BCUT2D eigenvalue weighted by molar-refractivity contribution is 14.1. The number of aliphatic hydroxyl groups is 1. The summed E-state index contributed by atoms with van der Waals surface area (Å²) in [6, 6.07) is 72.3. The van der Waals surface area contributed by atoms with E-state index in [1.807, 2.05) is 185 Å². The first-order chi connectivity index (χ1) is 71.5. The van der Waals surface area contributed by atoms with Crippen LogP contribution in [0.3, 0.4) is 0 Å². The van der Waals surface area contributed by atoms with Crippen LogP contribution >= 0.6 is 73.8 Å². The zero-order chi connectivity index (χ0) is 105. The molecule has 1 saturated heterocycles. The van der Waals surface area contributed by atoms with E-state index in [0.717, 1.165) is 61.0 Å². The molecule has 4 unspecified atom stereocenters. The van der Waals surface area contributed by atoms with E-state index in [1.165, 1.54) is 87.1 Å². The van der Waals surface area contributed by atoms with Crippen LogP contribution in [0.1, 0.15) is 97.9 Å². The molecule has 10 aromatic carbocycles. The summed E-state index contributed by atoms with van der Waals surface area (Å²) < 4.78 is 54.9. The lowest BCUT2D eigenvalue weighted by Crippen LogP contribution is -2.64. The maximum Gasteiger partial charge on any atom is 0.338 e. The number of aromatic nitrogens is 10. The number of amides is 6. The van der Waals surface area contributed by atoms with Gasteiger partial charge in [-0.25, -0.2) is 37.8 Å². The standard InChI is InChI=1S/C28H24N4O4.C21H13F2NO4.C20H18N2O3S.C19H18N2O3S.C12H9BrN4O2S.C6H10IN3O3/c1-2-36-28(35)20-12-14-21(15-13-20)30-25(33)18-32-27(34)26-23(16-29-32)22-10-6-7-11-24(22)31(26)17-19-8-4-3-5-9-19;22-12-4-6-18(17(23)9-12)24-21(27)11-3-5-14-15(8-11)20(26)16(19(14)25)10-13-2-1-7-28-13;1-3-12-22-18(23)16-6-4-5-7-17(16)21-20(22)26-13-14-8-10-15(11-9-14)19(24)25-2;1-24-15-10-8-13(9-11-15)12-16-17(22)20-19(25-2)21(18(16)23)14-6-4-3-5-7-14;13-7-1-3-8(4-2-7)16-10(18)5-9-11(19)17-12(20-9)14-6-15-17;7-3-4(8-1-2-11)9-6(13)10-5(3)12/h3-16H,2,17-18H2,1H3,(H,30,33);1-9,16H,10H2,(H,24,27);3-11H,1,12-13H2,2H3;3-11,22H,12H2,1-2H3;1-4,6,9H,5H2,(H,16,18);3-4,8,11H,1-2H2,(H2,9,10,12,13). The third-order valence-electron chi connectivity index (χ3n) is 22.6. The van der Waals surface area contributed by atoms with E-state index < -0.39 is 52.8 Å². The molecular weight excluding hydrogens is 2140 g/mol. The van der Waals surface area contributed by atoms with Crippen molar-refractivity contribution in [2.45, 2.75) is 82.4 Å². The van der Waals surface area contributed by atoms with Gasteiger partial charge < -0.3 is 54.7 Å². The Morgan fingerprint density at radius 3 is 1.99 bits per heavy atom. The van der Waals surface area contributed by atoms with Crippen LogP contribution in [0, 0.1) is 17.6 Å². The molecule has 756 valence electrons. The molecular formula is C106H92BrF2IN16O19S3. The fourth-order valence-electron chi connectivity index (χ4n) is 15.4. The predicted octanol–water partition coefficient (Wildman–Crippen LogP) is 15.9. The van der Waals surface area contributed by atoms with Crippen molar-refractivity contribution in [2.24, 2.45) is 5.92 Å². The van der Waals surface area contributed by atoms with Crippen molar-refractivity contribution >= 4 is 183 Å². The monoisotopic (exact) mass is 2230 g/mol. The van der Waals surface area contributed by atoms with Crippen molar-refractivity contribution < 1.29 is 85.6 Å². The summed E-state index contributed by atoms with van der Waals surface area (Å²) in [7, 11) is 2.96. The van der Waals surface area contributed by atoms with Crippen LogP contribution in [0.5, 0.6) is 11.6 Å². The molecule has 1 fully saturated rings. The van der Waals surface area contributed by atoms with E-state index in [-0.39, 0.29) is 122 Å². The minimum atomic E-state index is -0.917. The number of carbonyl (C=O) groups excluding carboxylic acids is 10. The number of imide groups is 1. The molecule has 8 heterocycles. The Bertz CT molecular complexity index is 7810. The van der Waals surface area contributed by atoms with Crippen LogP contribution in [-0.4, -0.2) is 173 Å². The van der Waals surface area contributed by atoms with Crippen molar-refractivity contribution in [3.63, 3.8) is 0 Å². The van der Waals surface area contributed by atoms with E-state index >= 15 is 0 Å². The number of esters is 2. The van der Waals surface area contributed by atoms with E-state index in [2.05, 4.69) is 79.6 Å². The number of furan rings is 1. The molecule has 4 atom stereocenters. The largest absolute Gasteiger partial charge is 0.497 e. The van der Waals surface area contributed by atoms with Gasteiger partial charge >= 0.3 is 18.0 Å². The number of allylic oxidation sites excluding steroid dienone is 1. The molecule has 0 bridgehead atoms. The number of para-hydroxylation sites is 3. The van der Waals surface area contributed by atoms with Crippen LogP contribution < -0.4 is 53.3 Å². The smallest absolute Gasteiger partial charge is 0.338 e. The Morgan fingerprint density at radius 1 is 0.662 bits per heavy atom. The second-order valence-electron chi connectivity index (χ2n) is 32.4. The summed E-state index contributed by atoms with van der Waals surface area (Å²) >= 11 is 9.30. The van der Waals surface area contributed by atoms with Gasteiger partial charge in [-0.15, -0.1) is 6.58 Å². The summed E-state index contributed by atoms with van der Waals surface area (Å²) in [5, 5.41) is 45.7. The summed E-state index contributed by atoms with van der Waals surface area (Å²) in [4.78, 5) is 172. The number of hydrogen-bond donors (Lipinski definition) is 8. The molecule has 16 aromatic rings. The number of ketones is 2. The SMILES string of the molecule is C=CCn1c(SCc2ccc(C(=O)OC)cc2)nc2ccccc2c1=O.CCOC(=O)c1ccc(NC(=O)Cn2ncc3c4ccccc4n(Cc4ccccc4)c3c2=O)cc1.COc1ccc(Cc2c(O)nc(SC)n(-c3ccccc3)c2=O)cc1.O=C(CC1Sc2ncnn2C1=O)Nc1ccc(Br)cc1.O=C(Nc1ccc(F)cc1F)c1ccc2c(c1)C(=O)C(Cc1ccco1)C2=O.O=C1NC(=O)C(I)C(NCCO)N1. The summed E-state index contributed by atoms with van der Waals surface area (Å²) in [6.45, 7) is 6.74.